The lowest BCUT2D eigenvalue weighted by molar-refractivity contribution is 0.433. The van der Waals surface area contributed by atoms with Gasteiger partial charge in [0.1, 0.15) is 0 Å². The van der Waals surface area contributed by atoms with Gasteiger partial charge in [-0.3, -0.25) is 0 Å². The maximum absolute atomic E-state index is 9.80. The first-order valence-electron chi connectivity index (χ1n) is 10.2. The molecule has 0 heterocycles. The topological polar surface area (TPSA) is 23.8 Å². The Balaban J connectivity index is 1.74. The number of hydrogen-bond acceptors (Lipinski definition) is 1. The van der Waals surface area contributed by atoms with E-state index in [0.29, 0.717) is 0 Å². The van der Waals surface area contributed by atoms with Gasteiger partial charge in [0, 0.05) is 0 Å². The van der Waals surface area contributed by atoms with Crippen LogP contribution in [0.5, 0.6) is 0 Å². The lowest BCUT2D eigenvalue weighted by Gasteiger charge is -2.26. The fraction of sp³-hybridized carbons (Fsp3) is 0.346. The fourth-order valence-electron chi connectivity index (χ4n) is 3.85. The molecule has 0 spiro atoms. The molecule has 1 unspecified atom stereocenters. The second kappa shape index (κ2) is 9.38. The van der Waals surface area contributed by atoms with Crippen LogP contribution in [0.2, 0.25) is 0 Å². The smallest absolute Gasteiger partial charge is 0.0791 e. The second-order valence-electron chi connectivity index (χ2n) is 7.54. The standard InChI is InChI=1S/C26H29N/c1-2-3-4-5-11-18-26(21-27)19-16-23(17-20-26)25-15-10-9-14-24(25)22-12-7-6-8-13-22/h6-10,12-17,19H,2-5,11,18,20H2,1H3. The maximum atomic E-state index is 9.80. The number of unbranched alkanes of at least 4 members (excludes halogenated alkanes) is 4. The molecule has 2 aromatic rings. The van der Waals surface area contributed by atoms with Gasteiger partial charge in [-0.15, -0.1) is 0 Å². The van der Waals surface area contributed by atoms with Gasteiger partial charge in [-0.25, -0.2) is 0 Å². The van der Waals surface area contributed by atoms with Crippen LogP contribution in [-0.2, 0) is 0 Å². The van der Waals surface area contributed by atoms with Gasteiger partial charge in [0.05, 0.1) is 11.5 Å². The van der Waals surface area contributed by atoms with E-state index in [1.807, 2.05) is 6.07 Å². The first-order valence-corrected chi connectivity index (χ1v) is 10.2. The van der Waals surface area contributed by atoms with Gasteiger partial charge in [-0.05, 0) is 35.1 Å². The van der Waals surface area contributed by atoms with Crippen molar-refractivity contribution in [3.05, 3.63) is 78.4 Å². The van der Waals surface area contributed by atoms with Crippen molar-refractivity contribution in [2.45, 2.75) is 51.9 Å². The number of rotatable bonds is 8. The summed E-state index contributed by atoms with van der Waals surface area (Å²) >= 11 is 0. The third kappa shape index (κ3) is 4.77. The normalized spacial score (nSPS) is 18.7. The predicted molar refractivity (Wildman–Crippen MR) is 115 cm³/mol. The Kier molecular flexibility index (Phi) is 6.66. The number of allylic oxidation sites excluding steroid dienone is 4. The average Bonchev–Trinajstić information content (AvgIpc) is 2.75. The molecule has 0 saturated carbocycles. The molecule has 1 atom stereocenters. The van der Waals surface area contributed by atoms with Gasteiger partial charge in [0.2, 0.25) is 0 Å². The molecule has 1 aliphatic rings. The molecule has 0 amide bonds. The lowest BCUT2D eigenvalue weighted by Crippen LogP contribution is -2.17. The highest BCUT2D eigenvalue weighted by Gasteiger charge is 2.28. The minimum absolute atomic E-state index is 0.322. The van der Waals surface area contributed by atoms with Crippen molar-refractivity contribution >= 4 is 5.57 Å². The molecule has 27 heavy (non-hydrogen) atoms. The number of hydrogen-bond donors (Lipinski definition) is 0. The van der Waals surface area contributed by atoms with Crippen molar-refractivity contribution in [2.75, 3.05) is 0 Å². The molecule has 0 saturated heterocycles. The minimum atomic E-state index is -0.322. The van der Waals surface area contributed by atoms with Crippen molar-refractivity contribution in [3.8, 4) is 17.2 Å². The zero-order valence-electron chi connectivity index (χ0n) is 16.3. The quantitative estimate of drug-likeness (QED) is 0.448. The zero-order valence-corrected chi connectivity index (χ0v) is 16.3. The van der Waals surface area contributed by atoms with Crippen LogP contribution in [0.25, 0.3) is 16.7 Å². The van der Waals surface area contributed by atoms with E-state index in [2.05, 4.69) is 79.8 Å². The van der Waals surface area contributed by atoms with Crippen LogP contribution in [-0.4, -0.2) is 0 Å². The monoisotopic (exact) mass is 355 g/mol. The molecule has 2 aromatic carbocycles. The summed E-state index contributed by atoms with van der Waals surface area (Å²) in [7, 11) is 0. The zero-order chi connectivity index (χ0) is 19.0. The number of nitrogens with zero attached hydrogens (tertiary/aromatic N) is 1. The van der Waals surface area contributed by atoms with Crippen LogP contribution in [0.3, 0.4) is 0 Å². The Bertz CT molecular complexity index is 838. The summed E-state index contributed by atoms with van der Waals surface area (Å²) in [5.41, 5.74) is 4.63. The van der Waals surface area contributed by atoms with Gasteiger partial charge >= 0.3 is 0 Å². The summed E-state index contributed by atoms with van der Waals surface area (Å²) in [6.07, 6.45) is 14.6. The molecule has 138 valence electrons. The lowest BCUT2D eigenvalue weighted by atomic mass is 9.76. The van der Waals surface area contributed by atoms with Crippen LogP contribution in [0, 0.1) is 16.7 Å². The summed E-state index contributed by atoms with van der Waals surface area (Å²) in [6, 6.07) is 21.7. The summed E-state index contributed by atoms with van der Waals surface area (Å²) < 4.78 is 0. The summed E-state index contributed by atoms with van der Waals surface area (Å²) in [5.74, 6) is 0. The first-order chi connectivity index (χ1) is 13.3. The average molecular weight is 356 g/mol. The Morgan fingerprint density at radius 2 is 1.59 bits per heavy atom. The Hall–Kier alpha value is -2.59. The molecule has 0 aliphatic heterocycles. The molecule has 0 aromatic heterocycles. The highest BCUT2D eigenvalue weighted by molar-refractivity contribution is 5.86. The SMILES string of the molecule is CCCCCCCC1(C#N)C=CC(c2ccccc2-c2ccccc2)=CC1. The van der Waals surface area contributed by atoms with Gasteiger partial charge in [-0.1, -0.05) is 112 Å². The fourth-order valence-corrected chi connectivity index (χ4v) is 3.85. The number of benzene rings is 2. The largest absolute Gasteiger partial charge is 0.197 e. The van der Waals surface area contributed by atoms with Crippen LogP contribution in [0.15, 0.2) is 72.8 Å². The van der Waals surface area contributed by atoms with E-state index in [1.54, 1.807) is 0 Å². The van der Waals surface area contributed by atoms with Crippen LogP contribution in [0.4, 0.5) is 0 Å². The van der Waals surface area contributed by atoms with Gasteiger partial charge in [0.25, 0.3) is 0 Å². The van der Waals surface area contributed by atoms with E-state index in [4.69, 9.17) is 0 Å². The van der Waals surface area contributed by atoms with Crippen LogP contribution >= 0.6 is 0 Å². The molecule has 0 radical (unpaired) electrons. The van der Waals surface area contributed by atoms with Crippen molar-refractivity contribution in [1.82, 2.24) is 0 Å². The molecule has 0 bridgehead atoms. The van der Waals surface area contributed by atoms with Gasteiger partial charge in [-0.2, -0.15) is 5.26 Å². The van der Waals surface area contributed by atoms with E-state index >= 15 is 0 Å². The highest BCUT2D eigenvalue weighted by Crippen LogP contribution is 2.39. The highest BCUT2D eigenvalue weighted by atomic mass is 14.4. The molecule has 1 nitrogen and oxygen atoms in total. The third-order valence-electron chi connectivity index (χ3n) is 5.54. The van der Waals surface area contributed by atoms with Gasteiger partial charge < -0.3 is 0 Å². The predicted octanol–water partition coefficient (Wildman–Crippen LogP) is 7.57. The first kappa shape index (κ1) is 19.2. The summed E-state index contributed by atoms with van der Waals surface area (Å²) in [5, 5.41) is 9.80. The van der Waals surface area contributed by atoms with E-state index in [9.17, 15) is 5.26 Å². The Morgan fingerprint density at radius 1 is 0.889 bits per heavy atom. The van der Waals surface area contributed by atoms with E-state index in [0.717, 1.165) is 19.3 Å². The van der Waals surface area contributed by atoms with E-state index < -0.39 is 0 Å². The number of nitriles is 1. The maximum Gasteiger partial charge on any atom is 0.0791 e. The molecule has 1 aliphatic carbocycles. The third-order valence-corrected chi connectivity index (χ3v) is 5.54. The van der Waals surface area contributed by atoms with E-state index in [1.165, 1.54) is 47.9 Å². The van der Waals surface area contributed by atoms with Crippen molar-refractivity contribution < 1.29 is 0 Å². The summed E-state index contributed by atoms with van der Waals surface area (Å²) in [4.78, 5) is 0. The molecular formula is C26H29N. The van der Waals surface area contributed by atoms with E-state index in [-0.39, 0.29) is 5.41 Å². The van der Waals surface area contributed by atoms with Crippen LogP contribution < -0.4 is 0 Å². The molecular weight excluding hydrogens is 326 g/mol. The van der Waals surface area contributed by atoms with Crippen LogP contribution in [0.1, 0.15) is 57.4 Å². The van der Waals surface area contributed by atoms with Crippen molar-refractivity contribution in [1.29, 1.82) is 5.26 Å². The van der Waals surface area contributed by atoms with Crippen molar-refractivity contribution in [3.63, 3.8) is 0 Å². The molecule has 0 N–H and O–H groups in total. The second-order valence-corrected chi connectivity index (χ2v) is 7.54. The molecule has 3 rings (SSSR count). The van der Waals surface area contributed by atoms with Crippen molar-refractivity contribution in [2.24, 2.45) is 5.41 Å². The van der Waals surface area contributed by atoms with Gasteiger partial charge in [0.15, 0.2) is 0 Å². The minimum Gasteiger partial charge on any atom is -0.197 e. The Labute approximate surface area is 164 Å². The summed E-state index contributed by atoms with van der Waals surface area (Å²) in [6.45, 7) is 2.24. The molecule has 0 fully saturated rings. The molecule has 1 heteroatoms. The Morgan fingerprint density at radius 3 is 2.26 bits per heavy atom.